The van der Waals surface area contributed by atoms with Gasteiger partial charge in [-0.2, -0.15) is 0 Å². The number of imidazole rings is 1. The van der Waals surface area contributed by atoms with E-state index in [2.05, 4.69) is 16.9 Å². The van der Waals surface area contributed by atoms with Crippen LogP contribution in [-0.2, 0) is 20.0 Å². The highest BCUT2D eigenvalue weighted by molar-refractivity contribution is 7.99. The number of thioether (sulfide) groups is 1. The third kappa shape index (κ3) is 4.73. The van der Waals surface area contributed by atoms with Gasteiger partial charge in [-0.15, -0.1) is 0 Å². The second-order valence-electron chi connectivity index (χ2n) is 7.12. The molecule has 3 rings (SSSR count). The van der Waals surface area contributed by atoms with Crippen LogP contribution in [0.5, 0.6) is 5.75 Å². The minimum Gasteiger partial charge on any atom is -0.491 e. The van der Waals surface area contributed by atoms with Crippen LogP contribution >= 0.6 is 11.8 Å². The molecule has 2 N–H and O–H groups in total. The molecule has 0 aliphatic heterocycles. The van der Waals surface area contributed by atoms with E-state index in [1.165, 1.54) is 21.9 Å². The highest BCUT2D eigenvalue weighted by atomic mass is 32.2. The summed E-state index contributed by atoms with van der Waals surface area (Å²) in [7, 11) is 1.56. The van der Waals surface area contributed by atoms with E-state index < -0.39 is 17.4 Å². The maximum absolute atomic E-state index is 12.4. The van der Waals surface area contributed by atoms with Crippen molar-refractivity contribution in [2.45, 2.75) is 50.2 Å². The number of rotatable bonds is 8. The van der Waals surface area contributed by atoms with Crippen LogP contribution < -0.4 is 16.0 Å². The van der Waals surface area contributed by atoms with Crippen molar-refractivity contribution in [3.63, 3.8) is 0 Å². The van der Waals surface area contributed by atoms with Crippen molar-refractivity contribution >= 4 is 22.9 Å². The Balaban J connectivity index is 1.86. The number of ether oxygens (including phenoxy) is 1. The number of aliphatic hydroxyl groups is 1. The highest BCUT2D eigenvalue weighted by Crippen LogP contribution is 2.25. The molecule has 0 amide bonds. The summed E-state index contributed by atoms with van der Waals surface area (Å²) in [5.41, 5.74) is 0.733. The Morgan fingerprint density at radius 1 is 1.24 bits per heavy atom. The van der Waals surface area contributed by atoms with E-state index in [1.807, 2.05) is 38.1 Å². The molecule has 0 aliphatic rings. The zero-order valence-corrected chi connectivity index (χ0v) is 17.8. The number of hydrogen-bond acceptors (Lipinski definition) is 6. The molecule has 0 unspecified atom stereocenters. The lowest BCUT2D eigenvalue weighted by Crippen LogP contribution is -2.30. The van der Waals surface area contributed by atoms with Crippen LogP contribution in [0, 0.1) is 0 Å². The summed E-state index contributed by atoms with van der Waals surface area (Å²) in [4.78, 5) is 31.1. The lowest BCUT2D eigenvalue weighted by Gasteiger charge is -2.16. The average molecular weight is 419 g/mol. The van der Waals surface area contributed by atoms with Crippen molar-refractivity contribution < 1.29 is 9.84 Å². The molecule has 156 valence electrons. The SMILES string of the molecule is CCc1ccc(OC[C@@H](O)Cn2c(SC(C)C)nc3c2c(=O)[nH]c(=O)n3C)cc1. The summed E-state index contributed by atoms with van der Waals surface area (Å²) < 4.78 is 8.65. The first-order chi connectivity index (χ1) is 13.8. The predicted octanol–water partition coefficient (Wildman–Crippen LogP) is 1.93. The van der Waals surface area contributed by atoms with E-state index in [9.17, 15) is 14.7 Å². The van der Waals surface area contributed by atoms with Crippen LogP contribution in [0.1, 0.15) is 26.3 Å². The Kier molecular flexibility index (Phi) is 6.49. The van der Waals surface area contributed by atoms with Crippen LogP contribution in [0.4, 0.5) is 0 Å². The monoisotopic (exact) mass is 418 g/mol. The Morgan fingerprint density at radius 3 is 2.55 bits per heavy atom. The summed E-state index contributed by atoms with van der Waals surface area (Å²) in [6.07, 6.45) is 0.0885. The van der Waals surface area contributed by atoms with E-state index in [4.69, 9.17) is 4.74 Å². The van der Waals surface area contributed by atoms with Gasteiger partial charge in [-0.3, -0.25) is 14.3 Å². The maximum Gasteiger partial charge on any atom is 0.329 e. The second-order valence-corrected chi connectivity index (χ2v) is 8.67. The van der Waals surface area contributed by atoms with Gasteiger partial charge in [0.05, 0.1) is 6.54 Å². The standard InChI is InChI=1S/C20H26N4O4S/c1-5-13-6-8-15(9-7-13)28-11-14(25)10-24-16-17(21-20(24)29-12(2)3)23(4)19(27)22-18(16)26/h6-9,12,14,25H,5,10-11H2,1-4H3,(H,22,26,27)/t14-/m0/s1. The number of aromatic amines is 1. The topological polar surface area (TPSA) is 102 Å². The van der Waals surface area contributed by atoms with Crippen molar-refractivity contribution in [3.8, 4) is 5.75 Å². The zero-order valence-electron chi connectivity index (χ0n) is 17.0. The van der Waals surface area contributed by atoms with Crippen LogP contribution in [-0.4, -0.2) is 42.2 Å². The fraction of sp³-hybridized carbons (Fsp3) is 0.450. The molecule has 1 aromatic carbocycles. The van der Waals surface area contributed by atoms with E-state index in [1.54, 1.807) is 11.6 Å². The lowest BCUT2D eigenvalue weighted by atomic mass is 10.2. The molecule has 2 aromatic heterocycles. The van der Waals surface area contributed by atoms with Gasteiger partial charge < -0.3 is 14.4 Å². The Bertz CT molecular complexity index is 1100. The molecule has 0 radical (unpaired) electrons. The highest BCUT2D eigenvalue weighted by Gasteiger charge is 2.20. The average Bonchev–Trinajstić information content (AvgIpc) is 3.03. The minimum atomic E-state index is -0.860. The van der Waals surface area contributed by atoms with Crippen LogP contribution in [0.15, 0.2) is 39.0 Å². The number of fused-ring (bicyclic) bond motifs is 1. The first-order valence-corrected chi connectivity index (χ1v) is 10.4. The first kappa shape index (κ1) is 21.2. The minimum absolute atomic E-state index is 0.0700. The largest absolute Gasteiger partial charge is 0.491 e. The number of hydrogen-bond donors (Lipinski definition) is 2. The number of aliphatic hydroxyl groups excluding tert-OH is 1. The normalized spacial score (nSPS) is 12.6. The Hall–Kier alpha value is -2.52. The van der Waals surface area contributed by atoms with Crippen molar-refractivity contribution in [1.82, 2.24) is 19.1 Å². The van der Waals surface area contributed by atoms with Crippen LogP contribution in [0.25, 0.3) is 11.2 Å². The Morgan fingerprint density at radius 2 is 1.93 bits per heavy atom. The molecule has 3 aromatic rings. The van der Waals surface area contributed by atoms with Crippen molar-refractivity contribution in [3.05, 3.63) is 50.7 Å². The fourth-order valence-electron chi connectivity index (χ4n) is 2.96. The van der Waals surface area contributed by atoms with Crippen molar-refractivity contribution in [1.29, 1.82) is 0 Å². The molecule has 1 atom stereocenters. The molecule has 0 bridgehead atoms. The number of aromatic nitrogens is 4. The number of H-pyrrole nitrogens is 1. The molecule has 0 spiro atoms. The number of benzene rings is 1. The van der Waals surface area contributed by atoms with Gasteiger partial charge in [0.1, 0.15) is 18.5 Å². The zero-order chi connectivity index (χ0) is 21.1. The van der Waals surface area contributed by atoms with Gasteiger partial charge in [0, 0.05) is 12.3 Å². The number of aryl methyl sites for hydroxylation is 2. The predicted molar refractivity (Wildman–Crippen MR) is 114 cm³/mol. The summed E-state index contributed by atoms with van der Waals surface area (Å²) in [5, 5.41) is 11.3. The van der Waals surface area contributed by atoms with Gasteiger partial charge in [0.2, 0.25) is 0 Å². The fourth-order valence-corrected chi connectivity index (χ4v) is 3.82. The summed E-state index contributed by atoms with van der Waals surface area (Å²) in [6, 6.07) is 7.72. The molecule has 0 aliphatic carbocycles. The van der Waals surface area contributed by atoms with Gasteiger partial charge in [0.15, 0.2) is 16.3 Å². The van der Waals surface area contributed by atoms with Crippen LogP contribution in [0.2, 0.25) is 0 Å². The maximum atomic E-state index is 12.4. The van der Waals surface area contributed by atoms with Gasteiger partial charge in [-0.05, 0) is 24.1 Å². The molecule has 8 nitrogen and oxygen atoms in total. The summed E-state index contributed by atoms with van der Waals surface area (Å²) >= 11 is 1.47. The molecule has 2 heterocycles. The van der Waals surface area contributed by atoms with Crippen molar-refractivity contribution in [2.24, 2.45) is 7.05 Å². The number of nitrogens with zero attached hydrogens (tertiary/aromatic N) is 3. The van der Waals surface area contributed by atoms with Gasteiger partial charge in [-0.1, -0.05) is 44.7 Å². The van der Waals surface area contributed by atoms with Gasteiger partial charge in [-0.25, -0.2) is 9.78 Å². The molecule has 0 fully saturated rings. The smallest absolute Gasteiger partial charge is 0.329 e. The molecular formula is C20H26N4O4S. The number of nitrogens with one attached hydrogen (secondary N) is 1. The van der Waals surface area contributed by atoms with Gasteiger partial charge in [0.25, 0.3) is 5.56 Å². The van der Waals surface area contributed by atoms with E-state index in [-0.39, 0.29) is 23.9 Å². The van der Waals surface area contributed by atoms with E-state index in [0.717, 1.165) is 6.42 Å². The lowest BCUT2D eigenvalue weighted by molar-refractivity contribution is 0.0913. The van der Waals surface area contributed by atoms with E-state index in [0.29, 0.717) is 16.6 Å². The van der Waals surface area contributed by atoms with E-state index >= 15 is 0 Å². The molecule has 29 heavy (non-hydrogen) atoms. The molecular weight excluding hydrogens is 392 g/mol. The third-order valence-electron chi connectivity index (χ3n) is 4.48. The van der Waals surface area contributed by atoms with Crippen molar-refractivity contribution in [2.75, 3.05) is 6.61 Å². The summed E-state index contributed by atoms with van der Waals surface area (Å²) in [5.74, 6) is 0.675. The second kappa shape index (κ2) is 8.87. The first-order valence-electron chi connectivity index (χ1n) is 9.56. The van der Waals surface area contributed by atoms with Crippen LogP contribution in [0.3, 0.4) is 0 Å². The molecule has 0 saturated heterocycles. The third-order valence-corrected chi connectivity index (χ3v) is 5.47. The van der Waals surface area contributed by atoms with Gasteiger partial charge >= 0.3 is 5.69 Å². The Labute approximate surface area is 172 Å². The molecule has 9 heteroatoms. The quantitative estimate of drug-likeness (QED) is 0.542. The summed E-state index contributed by atoms with van der Waals surface area (Å²) in [6.45, 7) is 6.30. The molecule has 0 saturated carbocycles.